The highest BCUT2D eigenvalue weighted by Crippen LogP contribution is 2.47. The van der Waals surface area contributed by atoms with Crippen molar-refractivity contribution in [3.05, 3.63) is 0 Å². The molecule has 100 valence electrons. The summed E-state index contributed by atoms with van der Waals surface area (Å²) in [5.41, 5.74) is -1.45. The van der Waals surface area contributed by atoms with E-state index in [1.807, 2.05) is 13.8 Å². The number of hydrogen-bond donors (Lipinski definition) is 2. The van der Waals surface area contributed by atoms with Gasteiger partial charge in [0.1, 0.15) is 5.60 Å². The van der Waals surface area contributed by atoms with Gasteiger partial charge in [-0.2, -0.15) is 0 Å². The van der Waals surface area contributed by atoms with E-state index in [2.05, 4.69) is 19.2 Å². The highest BCUT2D eigenvalue weighted by Gasteiger charge is 2.59. The number of hydrogen-bond acceptors (Lipinski definition) is 3. The maximum absolute atomic E-state index is 11.1. The molecule has 3 heteroatoms. The first-order chi connectivity index (χ1) is 7.77. The molecule has 2 unspecified atom stereocenters. The standard InChI is InChI=1S/C14H27NO2/c1-12(2)10-14(16,13(3,4)17-12)11-8-6-5-7-9-15-11/h11,15-16H,5-10H2,1-4H3. The average Bonchev–Trinajstić information content (AvgIpc) is 2.40. The molecule has 2 aliphatic rings. The Hall–Kier alpha value is -0.120. The van der Waals surface area contributed by atoms with Crippen LogP contribution in [0.4, 0.5) is 0 Å². The molecule has 0 aromatic rings. The smallest absolute Gasteiger partial charge is 0.111 e. The third-order valence-electron chi connectivity index (χ3n) is 4.41. The van der Waals surface area contributed by atoms with Crippen LogP contribution >= 0.6 is 0 Å². The molecule has 0 spiro atoms. The molecule has 0 aromatic carbocycles. The first-order valence-corrected chi connectivity index (χ1v) is 6.93. The minimum absolute atomic E-state index is 0.168. The lowest BCUT2D eigenvalue weighted by atomic mass is 9.75. The molecule has 0 radical (unpaired) electrons. The van der Waals surface area contributed by atoms with Gasteiger partial charge in [-0.3, -0.25) is 0 Å². The second-order valence-corrected chi connectivity index (χ2v) is 6.83. The lowest BCUT2D eigenvalue weighted by Crippen LogP contribution is -2.59. The van der Waals surface area contributed by atoms with Crippen molar-refractivity contribution in [2.24, 2.45) is 0 Å². The molecule has 0 aromatic heterocycles. The molecule has 0 bridgehead atoms. The van der Waals surface area contributed by atoms with Gasteiger partial charge in [0.25, 0.3) is 0 Å². The monoisotopic (exact) mass is 241 g/mol. The van der Waals surface area contributed by atoms with E-state index in [1.165, 1.54) is 19.3 Å². The van der Waals surface area contributed by atoms with Crippen LogP contribution in [-0.4, -0.2) is 34.5 Å². The van der Waals surface area contributed by atoms with Gasteiger partial charge in [0.15, 0.2) is 0 Å². The summed E-state index contributed by atoms with van der Waals surface area (Å²) in [6, 6.07) is 0.168. The van der Waals surface area contributed by atoms with Gasteiger partial charge >= 0.3 is 0 Å². The minimum atomic E-state index is -0.749. The number of ether oxygens (including phenoxy) is 1. The number of aliphatic hydroxyl groups is 1. The van der Waals surface area contributed by atoms with Gasteiger partial charge in [-0.05, 0) is 47.1 Å². The van der Waals surface area contributed by atoms with Gasteiger partial charge < -0.3 is 15.2 Å². The molecule has 2 fully saturated rings. The van der Waals surface area contributed by atoms with Crippen molar-refractivity contribution in [3.8, 4) is 0 Å². The maximum atomic E-state index is 11.1. The molecule has 0 saturated carbocycles. The predicted octanol–water partition coefficient (Wildman–Crippen LogP) is 2.23. The fourth-order valence-corrected chi connectivity index (χ4v) is 3.66. The van der Waals surface area contributed by atoms with Gasteiger partial charge in [-0.25, -0.2) is 0 Å². The molecule has 2 aliphatic heterocycles. The largest absolute Gasteiger partial charge is 0.385 e. The van der Waals surface area contributed by atoms with Crippen LogP contribution in [0.2, 0.25) is 0 Å². The second kappa shape index (κ2) is 4.22. The SMILES string of the molecule is CC1(C)CC(O)(C2CCCCCN2)C(C)(C)O1. The van der Waals surface area contributed by atoms with Crippen LogP contribution in [0.3, 0.4) is 0 Å². The van der Waals surface area contributed by atoms with Crippen LogP contribution in [0.5, 0.6) is 0 Å². The van der Waals surface area contributed by atoms with Crippen molar-refractivity contribution in [2.45, 2.75) is 82.6 Å². The van der Waals surface area contributed by atoms with E-state index >= 15 is 0 Å². The van der Waals surface area contributed by atoms with Crippen LogP contribution in [-0.2, 0) is 4.74 Å². The zero-order chi connectivity index (χ0) is 12.7. The molecule has 3 nitrogen and oxygen atoms in total. The summed E-state index contributed by atoms with van der Waals surface area (Å²) in [5, 5.41) is 14.6. The molecule has 2 N–H and O–H groups in total. The van der Waals surface area contributed by atoms with E-state index in [0.29, 0.717) is 6.42 Å². The Balaban J connectivity index is 2.21. The Bertz CT molecular complexity index is 280. The molecule has 0 aliphatic carbocycles. The van der Waals surface area contributed by atoms with Crippen LogP contribution < -0.4 is 5.32 Å². The quantitative estimate of drug-likeness (QED) is 0.739. The lowest BCUT2D eigenvalue weighted by molar-refractivity contribution is -0.138. The van der Waals surface area contributed by atoms with Crippen molar-refractivity contribution in [2.75, 3.05) is 6.54 Å². The Morgan fingerprint density at radius 3 is 2.41 bits per heavy atom. The summed E-state index contributed by atoms with van der Waals surface area (Å²) in [6.45, 7) is 9.21. The van der Waals surface area contributed by atoms with Gasteiger partial charge in [0, 0.05) is 12.5 Å². The molecule has 2 heterocycles. The summed E-state index contributed by atoms with van der Waals surface area (Å²) in [7, 11) is 0. The molecule has 2 atom stereocenters. The predicted molar refractivity (Wildman–Crippen MR) is 69.1 cm³/mol. The Morgan fingerprint density at radius 2 is 1.82 bits per heavy atom. The summed E-state index contributed by atoms with van der Waals surface area (Å²) in [6.07, 6.45) is 5.46. The van der Waals surface area contributed by atoms with Gasteiger partial charge in [0.05, 0.1) is 11.2 Å². The van der Waals surface area contributed by atoms with Gasteiger partial charge in [-0.1, -0.05) is 12.8 Å². The zero-order valence-electron chi connectivity index (χ0n) is 11.7. The van der Waals surface area contributed by atoms with Crippen molar-refractivity contribution < 1.29 is 9.84 Å². The van der Waals surface area contributed by atoms with Crippen molar-refractivity contribution in [3.63, 3.8) is 0 Å². The highest BCUT2D eigenvalue weighted by atomic mass is 16.5. The normalized spacial score (nSPS) is 41.1. The van der Waals surface area contributed by atoms with Crippen molar-refractivity contribution in [1.29, 1.82) is 0 Å². The molecule has 2 saturated heterocycles. The average molecular weight is 241 g/mol. The first-order valence-electron chi connectivity index (χ1n) is 6.93. The van der Waals surface area contributed by atoms with Gasteiger partial charge in [-0.15, -0.1) is 0 Å². The number of rotatable bonds is 1. The third kappa shape index (κ3) is 2.38. The zero-order valence-corrected chi connectivity index (χ0v) is 11.7. The van der Waals surface area contributed by atoms with E-state index in [9.17, 15) is 5.11 Å². The molecule has 17 heavy (non-hydrogen) atoms. The maximum Gasteiger partial charge on any atom is 0.111 e. The third-order valence-corrected chi connectivity index (χ3v) is 4.41. The fourth-order valence-electron chi connectivity index (χ4n) is 3.66. The van der Waals surface area contributed by atoms with Crippen molar-refractivity contribution >= 4 is 0 Å². The Morgan fingerprint density at radius 1 is 1.12 bits per heavy atom. The molecular formula is C14H27NO2. The highest BCUT2D eigenvalue weighted by molar-refractivity contribution is 5.12. The van der Waals surface area contributed by atoms with Crippen LogP contribution in [0.1, 0.15) is 59.8 Å². The van der Waals surface area contributed by atoms with Crippen molar-refractivity contribution in [1.82, 2.24) is 5.32 Å². The van der Waals surface area contributed by atoms with Crippen LogP contribution in [0.25, 0.3) is 0 Å². The fraction of sp³-hybridized carbons (Fsp3) is 1.00. The molecular weight excluding hydrogens is 214 g/mol. The summed E-state index contributed by atoms with van der Waals surface area (Å²) < 4.78 is 6.06. The van der Waals surface area contributed by atoms with E-state index in [1.54, 1.807) is 0 Å². The Labute approximate surface area is 105 Å². The topological polar surface area (TPSA) is 41.5 Å². The van der Waals surface area contributed by atoms with E-state index < -0.39 is 11.2 Å². The van der Waals surface area contributed by atoms with Crippen LogP contribution in [0.15, 0.2) is 0 Å². The Kier molecular flexibility index (Phi) is 3.30. The minimum Gasteiger partial charge on any atom is -0.385 e. The second-order valence-electron chi connectivity index (χ2n) is 6.83. The van der Waals surface area contributed by atoms with Crippen LogP contribution in [0, 0.1) is 0 Å². The molecule has 0 amide bonds. The van der Waals surface area contributed by atoms with E-state index in [-0.39, 0.29) is 11.6 Å². The summed E-state index contributed by atoms with van der Waals surface area (Å²) >= 11 is 0. The molecule has 2 rings (SSSR count). The first kappa shape index (κ1) is 13.3. The number of nitrogens with one attached hydrogen (secondary N) is 1. The summed E-state index contributed by atoms with van der Waals surface area (Å²) in [4.78, 5) is 0. The van der Waals surface area contributed by atoms with E-state index in [0.717, 1.165) is 13.0 Å². The van der Waals surface area contributed by atoms with Gasteiger partial charge in [0.2, 0.25) is 0 Å². The lowest BCUT2D eigenvalue weighted by Gasteiger charge is -2.41. The summed E-state index contributed by atoms with van der Waals surface area (Å²) in [5.74, 6) is 0. The van der Waals surface area contributed by atoms with E-state index in [4.69, 9.17) is 4.74 Å².